The molecule has 12 heteroatoms. The van der Waals surface area contributed by atoms with Crippen LogP contribution in [0.4, 0.5) is 13.2 Å². The van der Waals surface area contributed by atoms with Gasteiger partial charge in [-0.25, -0.2) is 4.45 Å². The average molecular weight is 560 g/mol. The van der Waals surface area contributed by atoms with Crippen LogP contribution in [0.1, 0.15) is 16.1 Å². The van der Waals surface area contributed by atoms with Crippen molar-refractivity contribution in [2.45, 2.75) is 12.9 Å². The minimum atomic E-state index is -4.88. The summed E-state index contributed by atoms with van der Waals surface area (Å²) >= 11 is 9.77. The summed E-state index contributed by atoms with van der Waals surface area (Å²) < 4.78 is 43.8. The molecule has 2 aromatic heterocycles. The number of benzene rings is 1. The van der Waals surface area contributed by atoms with E-state index in [-0.39, 0.29) is 12.1 Å². The van der Waals surface area contributed by atoms with Gasteiger partial charge in [0.1, 0.15) is 10.1 Å². The fraction of sp³-hybridized carbons (Fsp3) is 0.125. The second kappa shape index (κ2) is 8.98. The number of amides is 1. The Labute approximate surface area is 181 Å². The molecule has 1 amide bonds. The molecule has 0 saturated heterocycles. The van der Waals surface area contributed by atoms with E-state index in [1.54, 1.807) is 10.5 Å². The van der Waals surface area contributed by atoms with E-state index in [0.717, 1.165) is 17.3 Å². The van der Waals surface area contributed by atoms with E-state index in [0.29, 0.717) is 16.4 Å². The van der Waals surface area contributed by atoms with Crippen molar-refractivity contribution in [1.29, 1.82) is 0 Å². The molecule has 1 atom stereocenters. The number of thiophene rings is 1. The van der Waals surface area contributed by atoms with E-state index < -0.39 is 18.0 Å². The maximum Gasteiger partial charge on any atom is 0.573 e. The summed E-state index contributed by atoms with van der Waals surface area (Å²) in [5, 5.41) is 8.85. The fourth-order valence-corrected chi connectivity index (χ4v) is 4.87. The quantitative estimate of drug-likeness (QED) is 0.303. The first kappa shape index (κ1) is 21.4. The Morgan fingerprint density at radius 2 is 2.11 bits per heavy atom. The van der Waals surface area contributed by atoms with E-state index in [4.69, 9.17) is 11.6 Å². The van der Waals surface area contributed by atoms with Gasteiger partial charge in [-0.05, 0) is 51.7 Å². The van der Waals surface area contributed by atoms with Gasteiger partial charge in [-0.3, -0.25) is 4.79 Å². The molecule has 0 bridgehead atoms. The molecule has 0 spiro atoms. The number of halogens is 5. The van der Waals surface area contributed by atoms with Gasteiger partial charge in [-0.15, -0.1) is 24.5 Å². The van der Waals surface area contributed by atoms with E-state index in [1.165, 1.54) is 29.5 Å². The summed E-state index contributed by atoms with van der Waals surface area (Å²) in [7, 11) is 0. The fourth-order valence-electron chi connectivity index (χ4n) is 2.38. The van der Waals surface area contributed by atoms with E-state index in [2.05, 4.69) is 37.2 Å². The molecule has 1 aromatic carbocycles. The molecule has 0 aliphatic heterocycles. The molecule has 3 aromatic rings. The third-order valence-electron chi connectivity index (χ3n) is 3.52. The lowest BCUT2D eigenvalue weighted by Gasteiger charge is -2.12. The molecular formula is C16H11ClF3IN3O2PS. The Hall–Kier alpha value is -1.36. The van der Waals surface area contributed by atoms with Crippen LogP contribution in [0.3, 0.4) is 0 Å². The Morgan fingerprint density at radius 3 is 2.75 bits per heavy atom. The number of hydrogen-bond acceptors (Lipinski definition) is 4. The zero-order chi connectivity index (χ0) is 20.3. The molecule has 1 N–H and O–H groups in total. The van der Waals surface area contributed by atoms with Gasteiger partial charge < -0.3 is 10.1 Å². The number of ether oxygens (including phenoxy) is 1. The van der Waals surface area contributed by atoms with Gasteiger partial charge in [0.2, 0.25) is 0 Å². The smallest absolute Gasteiger partial charge is 0.405 e. The number of carbonyl (C=O) groups is 1. The maximum absolute atomic E-state index is 12.5. The van der Waals surface area contributed by atoms with E-state index in [9.17, 15) is 18.0 Å². The highest BCUT2D eigenvalue weighted by Gasteiger charge is 2.32. The molecular weight excluding hydrogens is 549 g/mol. The molecule has 5 nitrogen and oxygen atoms in total. The first-order valence-corrected chi connectivity index (χ1v) is 12.9. The largest absolute Gasteiger partial charge is 0.573 e. The first-order valence-electron chi connectivity index (χ1n) is 7.60. The Kier molecular flexibility index (Phi) is 6.85. The number of nitrogens with one attached hydrogen (secondary N) is 1. The topological polar surface area (TPSA) is 56.2 Å². The zero-order valence-corrected chi connectivity index (χ0v) is 18.5. The van der Waals surface area contributed by atoms with Crippen molar-refractivity contribution in [3.8, 4) is 17.0 Å². The Balaban J connectivity index is 1.76. The number of alkyl halides is 3. The highest BCUT2D eigenvalue weighted by atomic mass is 127. The van der Waals surface area contributed by atoms with Gasteiger partial charge in [0.15, 0.2) is 0 Å². The van der Waals surface area contributed by atoms with Crippen molar-refractivity contribution >= 4 is 57.3 Å². The predicted octanol–water partition coefficient (Wildman–Crippen LogP) is 5.89. The van der Waals surface area contributed by atoms with Crippen molar-refractivity contribution in [3.05, 3.63) is 57.4 Å². The van der Waals surface area contributed by atoms with Crippen molar-refractivity contribution < 1.29 is 22.7 Å². The van der Waals surface area contributed by atoms with Crippen LogP contribution in [0.15, 0.2) is 41.8 Å². The molecule has 0 fully saturated rings. The van der Waals surface area contributed by atoms with E-state index >= 15 is 0 Å². The number of para-hydroxylation sites is 1. The summed E-state index contributed by atoms with van der Waals surface area (Å²) in [6, 6.07) is 8.84. The first-order chi connectivity index (χ1) is 13.3. The summed E-state index contributed by atoms with van der Waals surface area (Å²) in [5.41, 5.74) is 1.99. The second-order valence-corrected chi connectivity index (χ2v) is 8.91. The molecule has 0 saturated carbocycles. The van der Waals surface area contributed by atoms with Crippen LogP contribution in [0.2, 0.25) is 4.34 Å². The molecule has 2 heterocycles. The minimum Gasteiger partial charge on any atom is -0.405 e. The second-order valence-electron chi connectivity index (χ2n) is 5.35. The summed E-state index contributed by atoms with van der Waals surface area (Å²) in [6.07, 6.45) is -4.57. The molecule has 3 rings (SSSR count). The third-order valence-corrected chi connectivity index (χ3v) is 6.56. The van der Waals surface area contributed by atoms with Crippen molar-refractivity contribution in [3.63, 3.8) is 0 Å². The van der Waals surface area contributed by atoms with Crippen LogP contribution in [0.5, 0.6) is 5.75 Å². The summed E-state index contributed by atoms with van der Waals surface area (Å²) in [5.74, 6) is -1.25. The van der Waals surface area contributed by atoms with Crippen LogP contribution >= 0.6 is 51.4 Å². The molecule has 148 valence electrons. The van der Waals surface area contributed by atoms with Crippen LogP contribution in [0, 0.1) is 0 Å². The SMILES string of the molecule is O=C(NCc1cc(-c2ccsc2Cl)n(PI)n1)c1ccccc1OC(F)(F)F. The van der Waals surface area contributed by atoms with Crippen LogP contribution in [-0.2, 0) is 6.54 Å². The molecule has 1 unspecified atom stereocenters. The van der Waals surface area contributed by atoms with E-state index in [1.807, 2.05) is 11.4 Å². The highest BCUT2D eigenvalue weighted by molar-refractivity contribution is 14.2. The number of carbonyl (C=O) groups excluding carboxylic acids is 1. The van der Waals surface area contributed by atoms with Gasteiger partial charge in [0.25, 0.3) is 5.91 Å². The molecule has 28 heavy (non-hydrogen) atoms. The predicted molar refractivity (Wildman–Crippen MR) is 113 cm³/mol. The maximum atomic E-state index is 12.5. The number of nitrogens with zero attached hydrogens (tertiary/aromatic N) is 2. The van der Waals surface area contributed by atoms with Crippen LogP contribution < -0.4 is 10.1 Å². The standard InChI is InChI=1S/C16H11ClF3IN3O2PS/c17-14-10(5-6-28-14)12-7-9(23-24(12)27-21)8-22-15(25)11-3-1-2-4-13(11)26-16(18,19)20/h1-7,27H,8H2,(H,22,25). The lowest BCUT2D eigenvalue weighted by molar-refractivity contribution is -0.274. The van der Waals surface area contributed by atoms with Gasteiger partial charge in [0, 0.05) is 5.56 Å². The van der Waals surface area contributed by atoms with Crippen LogP contribution in [0.25, 0.3) is 11.3 Å². The third kappa shape index (κ3) is 5.16. The van der Waals surface area contributed by atoms with Gasteiger partial charge in [-0.2, -0.15) is 5.10 Å². The van der Waals surface area contributed by atoms with Gasteiger partial charge in [-0.1, -0.05) is 23.7 Å². The Morgan fingerprint density at radius 1 is 1.36 bits per heavy atom. The van der Waals surface area contributed by atoms with Gasteiger partial charge >= 0.3 is 6.36 Å². The Bertz CT molecular complexity index is 996. The summed E-state index contributed by atoms with van der Waals surface area (Å²) in [6.45, 7) is 0.0437. The lowest BCUT2D eigenvalue weighted by atomic mass is 10.2. The number of aromatic nitrogens is 2. The average Bonchev–Trinajstić information content (AvgIpc) is 3.24. The molecule has 0 aliphatic rings. The highest BCUT2D eigenvalue weighted by Crippen LogP contribution is 2.37. The minimum absolute atomic E-state index is 0.0437. The molecule has 0 aliphatic carbocycles. The normalized spacial score (nSPS) is 11.9. The monoisotopic (exact) mass is 559 g/mol. The number of rotatable bonds is 6. The van der Waals surface area contributed by atoms with Crippen molar-refractivity contribution in [2.24, 2.45) is 0 Å². The lowest BCUT2D eigenvalue weighted by Crippen LogP contribution is -2.25. The van der Waals surface area contributed by atoms with Crippen molar-refractivity contribution in [1.82, 2.24) is 14.9 Å². The zero-order valence-electron chi connectivity index (χ0n) is 13.8. The summed E-state index contributed by atoms with van der Waals surface area (Å²) in [4.78, 5) is 12.4. The van der Waals surface area contributed by atoms with Crippen molar-refractivity contribution in [2.75, 3.05) is 0 Å². The van der Waals surface area contributed by atoms with Gasteiger partial charge in [0.05, 0.1) is 29.9 Å². The van der Waals surface area contributed by atoms with Crippen LogP contribution in [-0.4, -0.2) is 21.8 Å². The number of hydrogen-bond donors (Lipinski definition) is 1. The molecule has 0 radical (unpaired) electrons.